The van der Waals surface area contributed by atoms with Gasteiger partial charge in [0.25, 0.3) is 0 Å². The van der Waals surface area contributed by atoms with Crippen LogP contribution < -0.4 is 0 Å². The van der Waals surface area contributed by atoms with E-state index in [1.54, 1.807) is 0 Å². The van der Waals surface area contributed by atoms with Gasteiger partial charge >= 0.3 is 0 Å². The van der Waals surface area contributed by atoms with E-state index in [1.165, 1.54) is 22.3 Å². The third-order valence-corrected chi connectivity index (χ3v) is 5.72. The third kappa shape index (κ3) is 7.29. The van der Waals surface area contributed by atoms with Crippen molar-refractivity contribution in [1.82, 2.24) is 9.97 Å². The summed E-state index contributed by atoms with van der Waals surface area (Å²) in [7, 11) is 0. The van der Waals surface area contributed by atoms with Gasteiger partial charge in [0, 0.05) is 32.5 Å². The van der Waals surface area contributed by atoms with Crippen LogP contribution >= 0.6 is 0 Å². The molecule has 177 valence electrons. The summed E-state index contributed by atoms with van der Waals surface area (Å²) in [4.78, 5) is 8.74. The van der Waals surface area contributed by atoms with E-state index in [9.17, 15) is 0 Å². The van der Waals surface area contributed by atoms with E-state index in [1.807, 2.05) is 67.8 Å². The number of benzene rings is 3. The van der Waals surface area contributed by atoms with Crippen molar-refractivity contribution in [1.29, 1.82) is 0 Å². The van der Waals surface area contributed by atoms with Crippen molar-refractivity contribution in [3.63, 3.8) is 0 Å². The molecule has 5 rings (SSSR count). The van der Waals surface area contributed by atoms with Crippen molar-refractivity contribution in [2.45, 2.75) is 26.7 Å². The topological polar surface area (TPSA) is 25.8 Å². The Bertz CT molecular complexity index is 1260. The van der Waals surface area contributed by atoms with Crippen LogP contribution in [-0.4, -0.2) is 9.97 Å². The molecule has 0 aliphatic carbocycles. The summed E-state index contributed by atoms with van der Waals surface area (Å²) in [6.07, 6.45) is 3.69. The van der Waals surface area contributed by atoms with Gasteiger partial charge in [0.15, 0.2) is 0 Å². The number of aromatic nitrogens is 2. The predicted molar refractivity (Wildman–Crippen MR) is 140 cm³/mol. The standard InChI is InChI=1S/C19H16N.C13H12N.Ir/c1-15(16-8-3-2-4-9-16)17-10-7-11-18(14-17)19-12-5-6-13-20-19;1-10-3-6-12(7-4-10)13-8-5-11(2)9-14-13;/h2-10,12-15H,1H3;3-6,8-9H,1-2H3;/q2*-1;. The molecule has 1 atom stereocenters. The van der Waals surface area contributed by atoms with Gasteiger partial charge in [-0.05, 0) is 41.4 Å². The van der Waals surface area contributed by atoms with Crippen molar-refractivity contribution in [3.8, 4) is 22.5 Å². The van der Waals surface area contributed by atoms with Gasteiger partial charge in [-0.25, -0.2) is 0 Å². The first-order valence-electron chi connectivity index (χ1n) is 11.5. The van der Waals surface area contributed by atoms with E-state index in [2.05, 4.69) is 84.5 Å². The van der Waals surface area contributed by atoms with Crippen molar-refractivity contribution in [3.05, 3.63) is 144 Å². The largest absolute Gasteiger partial charge is 0.305 e. The van der Waals surface area contributed by atoms with Gasteiger partial charge in [0.1, 0.15) is 0 Å². The smallest absolute Gasteiger partial charge is 0.0190 e. The van der Waals surface area contributed by atoms with E-state index in [0.717, 1.165) is 22.5 Å². The number of pyridine rings is 2. The van der Waals surface area contributed by atoms with Crippen LogP contribution in [0.3, 0.4) is 0 Å². The Morgan fingerprint density at radius 2 is 1.40 bits per heavy atom. The SMILES string of the molecule is CC(c1ccccc1)c1cc[c-]c(-c2ccccn2)c1.Cc1c[c-]c(-c2ccc(C)cn2)cc1.[Ir]. The molecule has 2 heterocycles. The molecule has 0 saturated carbocycles. The summed E-state index contributed by atoms with van der Waals surface area (Å²) < 4.78 is 0. The molecule has 0 aliphatic heterocycles. The van der Waals surface area contributed by atoms with Gasteiger partial charge in [-0.3, -0.25) is 0 Å². The summed E-state index contributed by atoms with van der Waals surface area (Å²) >= 11 is 0. The van der Waals surface area contributed by atoms with Crippen LogP contribution in [0.4, 0.5) is 0 Å². The summed E-state index contributed by atoms with van der Waals surface area (Å²) in [5, 5.41) is 0. The number of nitrogens with zero attached hydrogens (tertiary/aromatic N) is 2. The van der Waals surface area contributed by atoms with Crippen LogP contribution in [-0.2, 0) is 20.1 Å². The average Bonchev–Trinajstić information content (AvgIpc) is 2.91. The van der Waals surface area contributed by atoms with E-state index < -0.39 is 0 Å². The van der Waals surface area contributed by atoms with Crippen LogP contribution in [0, 0.1) is 26.0 Å². The van der Waals surface area contributed by atoms with Crippen LogP contribution in [0.1, 0.15) is 35.1 Å². The van der Waals surface area contributed by atoms with Crippen molar-refractivity contribution in [2.75, 3.05) is 0 Å². The van der Waals surface area contributed by atoms with E-state index in [4.69, 9.17) is 0 Å². The van der Waals surface area contributed by atoms with Gasteiger partial charge in [-0.2, -0.15) is 0 Å². The number of hydrogen-bond donors (Lipinski definition) is 0. The summed E-state index contributed by atoms with van der Waals surface area (Å²) in [6.45, 7) is 6.32. The summed E-state index contributed by atoms with van der Waals surface area (Å²) in [5.74, 6) is 0.369. The normalized spacial score (nSPS) is 10.9. The van der Waals surface area contributed by atoms with Crippen LogP contribution in [0.15, 0.2) is 109 Å². The molecule has 0 amide bonds. The Hall–Kier alpha value is -3.39. The van der Waals surface area contributed by atoms with Crippen LogP contribution in [0.25, 0.3) is 22.5 Å². The van der Waals surface area contributed by atoms with Gasteiger partial charge in [-0.15, -0.1) is 70.8 Å². The van der Waals surface area contributed by atoms with Gasteiger partial charge in [0.05, 0.1) is 0 Å². The molecule has 3 heteroatoms. The monoisotopic (exact) mass is 633 g/mol. The third-order valence-electron chi connectivity index (χ3n) is 5.72. The Labute approximate surface area is 222 Å². The quantitative estimate of drug-likeness (QED) is 0.189. The molecule has 3 aromatic carbocycles. The molecule has 0 bridgehead atoms. The molecular weight excluding hydrogens is 605 g/mol. The van der Waals surface area contributed by atoms with Crippen molar-refractivity contribution < 1.29 is 20.1 Å². The fourth-order valence-corrected chi connectivity index (χ4v) is 3.65. The second-order valence-electron chi connectivity index (χ2n) is 8.38. The zero-order valence-electron chi connectivity index (χ0n) is 20.2. The zero-order chi connectivity index (χ0) is 23.8. The Balaban J connectivity index is 0.000000202. The second kappa shape index (κ2) is 12.9. The molecule has 1 unspecified atom stereocenters. The maximum Gasteiger partial charge on any atom is 0.0190 e. The van der Waals surface area contributed by atoms with E-state index in [0.29, 0.717) is 5.92 Å². The molecule has 5 aromatic rings. The zero-order valence-corrected chi connectivity index (χ0v) is 22.6. The molecule has 0 spiro atoms. The minimum atomic E-state index is 0. The Morgan fingerprint density at radius 3 is 2.06 bits per heavy atom. The number of hydrogen-bond acceptors (Lipinski definition) is 2. The first-order chi connectivity index (χ1) is 16.6. The minimum absolute atomic E-state index is 0. The van der Waals surface area contributed by atoms with E-state index >= 15 is 0 Å². The molecule has 0 N–H and O–H groups in total. The Morgan fingerprint density at radius 1 is 0.657 bits per heavy atom. The molecule has 0 aliphatic rings. The molecule has 35 heavy (non-hydrogen) atoms. The minimum Gasteiger partial charge on any atom is -0.305 e. The maximum absolute atomic E-state index is 4.39. The molecule has 2 nitrogen and oxygen atoms in total. The van der Waals surface area contributed by atoms with Gasteiger partial charge in [-0.1, -0.05) is 68.4 Å². The van der Waals surface area contributed by atoms with Crippen LogP contribution in [0.5, 0.6) is 0 Å². The first kappa shape index (κ1) is 26.2. The average molecular weight is 633 g/mol. The molecule has 1 radical (unpaired) electrons. The van der Waals surface area contributed by atoms with Crippen molar-refractivity contribution >= 4 is 0 Å². The Kier molecular flexibility index (Phi) is 9.66. The first-order valence-corrected chi connectivity index (χ1v) is 11.5. The second-order valence-corrected chi connectivity index (χ2v) is 8.38. The predicted octanol–water partition coefficient (Wildman–Crippen LogP) is 7.86. The van der Waals surface area contributed by atoms with Crippen molar-refractivity contribution in [2.24, 2.45) is 0 Å². The van der Waals surface area contributed by atoms with Gasteiger partial charge in [0.2, 0.25) is 0 Å². The summed E-state index contributed by atoms with van der Waals surface area (Å²) in [6, 6.07) is 39.5. The number of rotatable bonds is 4. The van der Waals surface area contributed by atoms with E-state index in [-0.39, 0.29) is 20.1 Å². The summed E-state index contributed by atoms with van der Waals surface area (Å²) in [5.41, 5.74) is 9.06. The molecule has 0 saturated heterocycles. The molecule has 0 fully saturated rings. The molecular formula is C32H28IrN2-2. The number of aryl methyl sites for hydroxylation is 2. The maximum atomic E-state index is 4.39. The van der Waals surface area contributed by atoms with Gasteiger partial charge < -0.3 is 9.97 Å². The van der Waals surface area contributed by atoms with Crippen LogP contribution in [0.2, 0.25) is 0 Å². The molecule has 2 aromatic heterocycles. The fourth-order valence-electron chi connectivity index (χ4n) is 3.65. The fraction of sp³-hybridized carbons (Fsp3) is 0.125.